The van der Waals surface area contributed by atoms with Crippen molar-refractivity contribution in [3.63, 3.8) is 0 Å². The Morgan fingerprint density at radius 3 is 3.09 bits per heavy atom. The third-order valence-electron chi connectivity index (χ3n) is 1.53. The number of H-pyrrole nitrogens is 2. The van der Waals surface area contributed by atoms with Gasteiger partial charge in [0, 0.05) is 0 Å². The van der Waals surface area contributed by atoms with Crippen LogP contribution in [0.3, 0.4) is 0 Å². The Labute approximate surface area is 61.5 Å². The number of nitrogens with zero attached hydrogens (tertiary/aromatic N) is 2. The van der Waals surface area contributed by atoms with Crippen LogP contribution in [0, 0.1) is 6.92 Å². The fourth-order valence-electron chi connectivity index (χ4n) is 0.985. The van der Waals surface area contributed by atoms with E-state index in [1.165, 1.54) is 6.33 Å². The quantitative estimate of drug-likeness (QED) is 0.553. The minimum Gasteiger partial charge on any atom is -0.340 e. The number of rotatable bonds is 0. The highest BCUT2D eigenvalue weighted by atomic mass is 16.1. The number of hydrogen-bond donors (Lipinski definition) is 2. The maximum Gasteiger partial charge on any atom is 0.290 e. The Balaban J connectivity index is 3.08. The van der Waals surface area contributed by atoms with Crippen LogP contribution in [0.5, 0.6) is 0 Å². The van der Waals surface area contributed by atoms with Crippen LogP contribution in [0.1, 0.15) is 5.69 Å². The van der Waals surface area contributed by atoms with Crippen molar-refractivity contribution in [2.24, 2.45) is 0 Å². The summed E-state index contributed by atoms with van der Waals surface area (Å²) in [6.45, 7) is 1.79. The van der Waals surface area contributed by atoms with E-state index in [0.29, 0.717) is 11.0 Å². The molecule has 0 saturated heterocycles. The molecule has 5 nitrogen and oxygen atoms in total. The SMILES string of the molecule is Cc1n[nH]c(=O)c2[nH]cnc12. The molecule has 0 aliphatic heterocycles. The second-order valence-corrected chi connectivity index (χ2v) is 2.26. The van der Waals surface area contributed by atoms with Crippen molar-refractivity contribution in [2.45, 2.75) is 6.92 Å². The zero-order valence-corrected chi connectivity index (χ0v) is 5.88. The van der Waals surface area contributed by atoms with E-state index >= 15 is 0 Å². The van der Waals surface area contributed by atoms with Gasteiger partial charge in [0.15, 0.2) is 0 Å². The largest absolute Gasteiger partial charge is 0.340 e. The molecule has 0 bridgehead atoms. The molecule has 0 amide bonds. The number of aromatic amines is 2. The van der Waals surface area contributed by atoms with Crippen LogP contribution in [-0.4, -0.2) is 20.2 Å². The van der Waals surface area contributed by atoms with Crippen LogP contribution >= 0.6 is 0 Å². The lowest BCUT2D eigenvalue weighted by Crippen LogP contribution is -2.09. The van der Waals surface area contributed by atoms with Gasteiger partial charge in [-0.15, -0.1) is 0 Å². The molecule has 0 saturated carbocycles. The standard InChI is InChI=1S/C6H6N4O/c1-3-4-5(8-2-7-4)6(11)10-9-3/h2H,1H3,(H,7,8)(H,10,11). The molecule has 2 heterocycles. The molecule has 0 unspecified atom stereocenters. The molecule has 2 rings (SSSR count). The first-order valence-corrected chi connectivity index (χ1v) is 3.17. The number of fused-ring (bicyclic) bond motifs is 1. The predicted octanol–water partition coefficient (Wildman–Crippen LogP) is -0.0454. The van der Waals surface area contributed by atoms with E-state index in [1.54, 1.807) is 6.92 Å². The number of aromatic nitrogens is 4. The van der Waals surface area contributed by atoms with Gasteiger partial charge in [0.25, 0.3) is 5.56 Å². The first-order valence-electron chi connectivity index (χ1n) is 3.17. The average molecular weight is 150 g/mol. The maximum absolute atomic E-state index is 11.0. The molecule has 0 radical (unpaired) electrons. The minimum atomic E-state index is -0.233. The Bertz CT molecular complexity index is 441. The zero-order valence-electron chi connectivity index (χ0n) is 5.88. The molecular formula is C6H6N4O. The van der Waals surface area contributed by atoms with Crippen molar-refractivity contribution in [1.82, 2.24) is 20.2 Å². The molecular weight excluding hydrogens is 144 g/mol. The molecule has 2 N–H and O–H groups in total. The highest BCUT2D eigenvalue weighted by Crippen LogP contribution is 2.04. The number of imidazole rings is 1. The molecule has 0 fully saturated rings. The smallest absolute Gasteiger partial charge is 0.290 e. The summed E-state index contributed by atoms with van der Waals surface area (Å²) in [5, 5.41) is 6.11. The summed E-state index contributed by atoms with van der Waals surface area (Å²) in [7, 11) is 0. The third-order valence-corrected chi connectivity index (χ3v) is 1.53. The second-order valence-electron chi connectivity index (χ2n) is 2.26. The van der Waals surface area contributed by atoms with Crippen molar-refractivity contribution in [2.75, 3.05) is 0 Å². The Kier molecular flexibility index (Phi) is 1.06. The molecule has 11 heavy (non-hydrogen) atoms. The lowest BCUT2D eigenvalue weighted by Gasteiger charge is -1.89. The lowest BCUT2D eigenvalue weighted by atomic mass is 10.4. The van der Waals surface area contributed by atoms with Crippen molar-refractivity contribution in [1.29, 1.82) is 0 Å². The van der Waals surface area contributed by atoms with Gasteiger partial charge in [0.2, 0.25) is 0 Å². The molecule has 56 valence electrons. The van der Waals surface area contributed by atoms with Gasteiger partial charge in [-0.1, -0.05) is 0 Å². The first kappa shape index (κ1) is 6.09. The molecule has 0 aliphatic carbocycles. The van der Waals surface area contributed by atoms with Gasteiger partial charge in [0.05, 0.1) is 12.0 Å². The van der Waals surface area contributed by atoms with Crippen LogP contribution in [0.4, 0.5) is 0 Å². The molecule has 0 spiro atoms. The number of aryl methyl sites for hydroxylation is 1. The zero-order chi connectivity index (χ0) is 7.84. The topological polar surface area (TPSA) is 74.4 Å². The van der Waals surface area contributed by atoms with Crippen molar-refractivity contribution in [3.8, 4) is 0 Å². The fraction of sp³-hybridized carbons (Fsp3) is 0.167. The minimum absolute atomic E-state index is 0.233. The molecule has 0 atom stereocenters. The second kappa shape index (κ2) is 1.91. The Hall–Kier alpha value is -1.65. The van der Waals surface area contributed by atoms with E-state index in [1.807, 2.05) is 0 Å². The summed E-state index contributed by atoms with van der Waals surface area (Å²) in [5.41, 5.74) is 1.61. The molecule has 0 aromatic carbocycles. The summed E-state index contributed by atoms with van der Waals surface area (Å²) in [6, 6.07) is 0. The molecule has 5 heteroatoms. The highest BCUT2D eigenvalue weighted by molar-refractivity contribution is 5.74. The molecule has 2 aromatic rings. The van der Waals surface area contributed by atoms with E-state index in [0.717, 1.165) is 5.69 Å². The van der Waals surface area contributed by atoms with E-state index in [2.05, 4.69) is 20.2 Å². The summed E-state index contributed by atoms with van der Waals surface area (Å²) in [5.74, 6) is 0. The molecule has 0 aliphatic rings. The van der Waals surface area contributed by atoms with Gasteiger partial charge in [-0.3, -0.25) is 4.79 Å². The normalized spacial score (nSPS) is 10.6. The Morgan fingerprint density at radius 1 is 1.55 bits per heavy atom. The molecule has 2 aromatic heterocycles. The van der Waals surface area contributed by atoms with E-state index in [9.17, 15) is 4.79 Å². The van der Waals surface area contributed by atoms with Crippen molar-refractivity contribution < 1.29 is 0 Å². The Morgan fingerprint density at radius 2 is 2.36 bits per heavy atom. The van der Waals surface area contributed by atoms with E-state index < -0.39 is 0 Å². The maximum atomic E-state index is 11.0. The summed E-state index contributed by atoms with van der Waals surface area (Å²) in [6.07, 6.45) is 1.48. The van der Waals surface area contributed by atoms with Crippen LogP contribution in [0.25, 0.3) is 11.0 Å². The van der Waals surface area contributed by atoms with Crippen LogP contribution in [0.15, 0.2) is 11.1 Å². The van der Waals surface area contributed by atoms with Gasteiger partial charge in [-0.2, -0.15) is 5.10 Å². The third kappa shape index (κ3) is 0.739. The summed E-state index contributed by atoms with van der Waals surface area (Å²) >= 11 is 0. The van der Waals surface area contributed by atoms with Gasteiger partial charge >= 0.3 is 0 Å². The van der Waals surface area contributed by atoms with Gasteiger partial charge in [0.1, 0.15) is 11.0 Å². The van der Waals surface area contributed by atoms with Crippen LogP contribution in [-0.2, 0) is 0 Å². The number of hydrogen-bond acceptors (Lipinski definition) is 3. The summed E-state index contributed by atoms with van der Waals surface area (Å²) < 4.78 is 0. The van der Waals surface area contributed by atoms with Crippen molar-refractivity contribution >= 4 is 11.0 Å². The van der Waals surface area contributed by atoms with Gasteiger partial charge < -0.3 is 4.98 Å². The monoisotopic (exact) mass is 150 g/mol. The predicted molar refractivity (Wildman–Crippen MR) is 39.2 cm³/mol. The summed E-state index contributed by atoms with van der Waals surface area (Å²) in [4.78, 5) is 17.7. The van der Waals surface area contributed by atoms with E-state index in [-0.39, 0.29) is 5.56 Å². The van der Waals surface area contributed by atoms with Crippen LogP contribution < -0.4 is 5.56 Å². The van der Waals surface area contributed by atoms with Gasteiger partial charge in [-0.25, -0.2) is 10.1 Å². The van der Waals surface area contributed by atoms with E-state index in [4.69, 9.17) is 0 Å². The lowest BCUT2D eigenvalue weighted by molar-refractivity contribution is 0.965. The highest BCUT2D eigenvalue weighted by Gasteiger charge is 2.03. The number of nitrogens with one attached hydrogen (secondary N) is 2. The van der Waals surface area contributed by atoms with Gasteiger partial charge in [-0.05, 0) is 6.92 Å². The average Bonchev–Trinajstić information content (AvgIpc) is 2.45. The fourth-order valence-corrected chi connectivity index (χ4v) is 0.985. The van der Waals surface area contributed by atoms with Crippen molar-refractivity contribution in [3.05, 3.63) is 22.4 Å². The van der Waals surface area contributed by atoms with Crippen LogP contribution in [0.2, 0.25) is 0 Å². The first-order chi connectivity index (χ1) is 5.29.